The van der Waals surface area contributed by atoms with Crippen molar-refractivity contribution in [3.63, 3.8) is 0 Å². The van der Waals surface area contributed by atoms with Crippen LogP contribution in [0, 0.1) is 6.92 Å². The number of rotatable bonds is 3. The van der Waals surface area contributed by atoms with Crippen LogP contribution in [0.15, 0.2) is 42.5 Å². The first-order chi connectivity index (χ1) is 13.4. The van der Waals surface area contributed by atoms with Crippen molar-refractivity contribution in [2.75, 3.05) is 11.9 Å². The number of aliphatic hydroxyl groups is 1. The summed E-state index contributed by atoms with van der Waals surface area (Å²) in [5.41, 5.74) is 3.82. The Bertz CT molecular complexity index is 1040. The molecule has 28 heavy (non-hydrogen) atoms. The van der Waals surface area contributed by atoms with Gasteiger partial charge in [-0.1, -0.05) is 6.07 Å². The number of carbonyl (C=O) groups excluding carboxylic acids is 2. The highest BCUT2D eigenvalue weighted by Gasteiger charge is 2.37. The van der Waals surface area contributed by atoms with Crippen molar-refractivity contribution in [2.24, 2.45) is 0 Å². The summed E-state index contributed by atoms with van der Waals surface area (Å²) in [5.74, 6) is -0.493. The van der Waals surface area contributed by atoms with Gasteiger partial charge in [0, 0.05) is 31.1 Å². The zero-order valence-electron chi connectivity index (χ0n) is 15.7. The number of amides is 2. The summed E-state index contributed by atoms with van der Waals surface area (Å²) in [6.07, 6.45) is -0.404. The highest BCUT2D eigenvalue weighted by molar-refractivity contribution is 7.21. The number of carbonyl (C=O) groups is 2. The molecule has 0 unspecified atom stereocenters. The van der Waals surface area contributed by atoms with Crippen molar-refractivity contribution < 1.29 is 14.7 Å². The third kappa shape index (κ3) is 3.63. The summed E-state index contributed by atoms with van der Waals surface area (Å²) < 4.78 is 1.15. The maximum atomic E-state index is 12.6. The van der Waals surface area contributed by atoms with Gasteiger partial charge in [0.05, 0.1) is 16.3 Å². The number of thiazole rings is 1. The van der Waals surface area contributed by atoms with Crippen LogP contribution >= 0.6 is 11.3 Å². The number of anilines is 1. The summed E-state index contributed by atoms with van der Waals surface area (Å²) >= 11 is 1.64. The fourth-order valence-corrected chi connectivity index (χ4v) is 4.56. The van der Waals surface area contributed by atoms with E-state index in [0.717, 1.165) is 20.8 Å². The Morgan fingerprint density at radius 2 is 1.96 bits per heavy atom. The minimum Gasteiger partial charge on any atom is -0.391 e. The molecule has 2 heterocycles. The Balaban J connectivity index is 1.50. The molecule has 0 bridgehead atoms. The van der Waals surface area contributed by atoms with E-state index in [1.165, 1.54) is 17.4 Å². The van der Waals surface area contributed by atoms with E-state index in [4.69, 9.17) is 0 Å². The number of aromatic nitrogens is 1. The molecule has 1 saturated heterocycles. The lowest BCUT2D eigenvalue weighted by atomic mass is 10.1. The Labute approximate surface area is 166 Å². The maximum absolute atomic E-state index is 12.6. The Hall–Kier alpha value is -2.77. The topological polar surface area (TPSA) is 82.5 Å². The molecule has 7 heteroatoms. The molecular formula is C21H21N3O3S. The van der Waals surface area contributed by atoms with Gasteiger partial charge in [0.2, 0.25) is 11.8 Å². The molecule has 1 aliphatic rings. The summed E-state index contributed by atoms with van der Waals surface area (Å²) in [5, 5.41) is 13.6. The molecule has 0 radical (unpaired) electrons. The van der Waals surface area contributed by atoms with Gasteiger partial charge in [-0.2, -0.15) is 0 Å². The second-order valence-electron chi connectivity index (χ2n) is 7.13. The van der Waals surface area contributed by atoms with Crippen LogP contribution in [0.1, 0.15) is 18.9 Å². The molecule has 0 saturated carbocycles. The smallest absolute Gasteiger partial charge is 0.247 e. The quantitative estimate of drug-likeness (QED) is 0.714. The van der Waals surface area contributed by atoms with Crippen molar-refractivity contribution in [2.45, 2.75) is 32.4 Å². The van der Waals surface area contributed by atoms with E-state index in [1.807, 2.05) is 30.3 Å². The van der Waals surface area contributed by atoms with Crippen LogP contribution in [-0.2, 0) is 9.59 Å². The molecule has 2 atom stereocenters. The predicted octanol–water partition coefficient (Wildman–Crippen LogP) is 3.19. The third-order valence-corrected chi connectivity index (χ3v) is 6.00. The van der Waals surface area contributed by atoms with Gasteiger partial charge in [0.1, 0.15) is 11.0 Å². The van der Waals surface area contributed by atoms with Crippen LogP contribution in [-0.4, -0.2) is 45.5 Å². The van der Waals surface area contributed by atoms with Crippen molar-refractivity contribution in [3.8, 4) is 10.6 Å². The maximum Gasteiger partial charge on any atom is 0.247 e. The Kier molecular flexibility index (Phi) is 4.87. The first-order valence-electron chi connectivity index (χ1n) is 9.14. The standard InChI is InChI=1S/C21H21N3O3S/c1-12-3-8-17-19(9-12)28-21(23-17)14-4-6-15(7-5-14)22-20(27)18-10-16(26)11-24(18)13(2)25/h3-9,16,18,26H,10-11H2,1-2H3,(H,22,27)/t16-,18-/m1/s1. The SMILES string of the molecule is CC(=O)N1C[C@H](O)C[C@@H]1C(=O)Nc1ccc(-c2nc3ccc(C)cc3s2)cc1. The molecule has 2 N–H and O–H groups in total. The lowest BCUT2D eigenvalue weighted by Crippen LogP contribution is -2.42. The van der Waals surface area contributed by atoms with E-state index in [1.54, 1.807) is 11.3 Å². The van der Waals surface area contributed by atoms with Crippen LogP contribution in [0.3, 0.4) is 0 Å². The highest BCUT2D eigenvalue weighted by Crippen LogP contribution is 2.31. The largest absolute Gasteiger partial charge is 0.391 e. The van der Waals surface area contributed by atoms with Gasteiger partial charge in [0.25, 0.3) is 0 Å². The highest BCUT2D eigenvalue weighted by atomic mass is 32.1. The van der Waals surface area contributed by atoms with E-state index in [0.29, 0.717) is 5.69 Å². The summed E-state index contributed by atoms with van der Waals surface area (Å²) in [4.78, 5) is 30.3. The number of hydrogen-bond acceptors (Lipinski definition) is 5. The molecule has 6 nitrogen and oxygen atoms in total. The number of likely N-dealkylation sites (tertiary alicyclic amines) is 1. The minimum atomic E-state index is -0.662. The molecule has 1 aliphatic heterocycles. The number of benzene rings is 2. The third-order valence-electron chi connectivity index (χ3n) is 4.93. The van der Waals surface area contributed by atoms with Crippen molar-refractivity contribution in [1.82, 2.24) is 9.88 Å². The number of aliphatic hydroxyl groups excluding tert-OH is 1. The molecule has 144 valence electrons. The molecule has 2 amide bonds. The average molecular weight is 395 g/mol. The zero-order chi connectivity index (χ0) is 19.8. The fraction of sp³-hybridized carbons (Fsp3) is 0.286. The van der Waals surface area contributed by atoms with Gasteiger partial charge < -0.3 is 15.3 Å². The van der Waals surface area contributed by atoms with E-state index in [-0.39, 0.29) is 24.8 Å². The lowest BCUT2D eigenvalue weighted by molar-refractivity contribution is -0.134. The van der Waals surface area contributed by atoms with Crippen molar-refractivity contribution in [1.29, 1.82) is 0 Å². The number of β-amino-alcohol motifs (C(OH)–C–C–N with tert-alkyl or cyclic N) is 1. The number of aryl methyl sites for hydroxylation is 1. The van der Waals surface area contributed by atoms with Crippen LogP contribution < -0.4 is 5.32 Å². The van der Waals surface area contributed by atoms with Gasteiger partial charge in [-0.3, -0.25) is 9.59 Å². The normalized spacial score (nSPS) is 19.2. The number of hydrogen-bond donors (Lipinski definition) is 2. The molecule has 0 spiro atoms. The minimum absolute atomic E-state index is 0.198. The van der Waals surface area contributed by atoms with E-state index in [9.17, 15) is 14.7 Å². The van der Waals surface area contributed by atoms with Gasteiger partial charge in [0.15, 0.2) is 0 Å². The fourth-order valence-electron chi connectivity index (χ4n) is 3.49. The summed E-state index contributed by atoms with van der Waals surface area (Å²) in [6.45, 7) is 3.67. The van der Waals surface area contributed by atoms with Crippen molar-refractivity contribution >= 4 is 39.1 Å². The van der Waals surface area contributed by atoms with E-state index in [2.05, 4.69) is 29.4 Å². The monoisotopic (exact) mass is 395 g/mol. The predicted molar refractivity (Wildman–Crippen MR) is 110 cm³/mol. The van der Waals surface area contributed by atoms with E-state index >= 15 is 0 Å². The van der Waals surface area contributed by atoms with E-state index < -0.39 is 12.1 Å². The second-order valence-corrected chi connectivity index (χ2v) is 8.16. The van der Waals surface area contributed by atoms with Crippen LogP contribution in [0.25, 0.3) is 20.8 Å². The van der Waals surface area contributed by atoms with Gasteiger partial charge in [-0.25, -0.2) is 4.98 Å². The Morgan fingerprint density at radius 1 is 1.21 bits per heavy atom. The van der Waals surface area contributed by atoms with Crippen molar-refractivity contribution in [3.05, 3.63) is 48.0 Å². The molecule has 4 rings (SSSR count). The summed E-state index contributed by atoms with van der Waals surface area (Å²) in [6, 6.07) is 13.1. The Morgan fingerprint density at radius 3 is 2.68 bits per heavy atom. The van der Waals surface area contributed by atoms with Gasteiger partial charge in [-0.15, -0.1) is 11.3 Å². The molecule has 3 aromatic rings. The molecule has 0 aliphatic carbocycles. The van der Waals surface area contributed by atoms with Gasteiger partial charge in [-0.05, 0) is 48.9 Å². The van der Waals surface area contributed by atoms with Crippen LogP contribution in [0.5, 0.6) is 0 Å². The van der Waals surface area contributed by atoms with Crippen LogP contribution in [0.4, 0.5) is 5.69 Å². The molecule has 1 aromatic heterocycles. The zero-order valence-corrected chi connectivity index (χ0v) is 16.5. The molecular weight excluding hydrogens is 374 g/mol. The number of fused-ring (bicyclic) bond motifs is 1. The molecule has 1 fully saturated rings. The number of nitrogens with one attached hydrogen (secondary N) is 1. The molecule has 2 aromatic carbocycles. The summed E-state index contributed by atoms with van der Waals surface area (Å²) in [7, 11) is 0. The first kappa shape index (κ1) is 18.6. The van der Waals surface area contributed by atoms with Crippen LogP contribution in [0.2, 0.25) is 0 Å². The lowest BCUT2D eigenvalue weighted by Gasteiger charge is -2.22. The first-order valence-corrected chi connectivity index (χ1v) is 9.96. The van der Waals surface area contributed by atoms with Gasteiger partial charge >= 0.3 is 0 Å². The second kappa shape index (κ2) is 7.33. The number of nitrogens with zero attached hydrogens (tertiary/aromatic N) is 2. The average Bonchev–Trinajstić information content (AvgIpc) is 3.25.